The fourth-order valence-corrected chi connectivity index (χ4v) is 4.45. The Bertz CT molecular complexity index is 1230. The smallest absolute Gasteiger partial charge is 0.264 e. The molecule has 0 saturated carbocycles. The van der Waals surface area contributed by atoms with E-state index in [0.717, 1.165) is 9.87 Å². The highest BCUT2D eigenvalue weighted by Gasteiger charge is 2.27. The predicted octanol–water partition coefficient (Wildman–Crippen LogP) is 3.36. The molecule has 0 aliphatic carbocycles. The van der Waals surface area contributed by atoms with Gasteiger partial charge in [0.2, 0.25) is 0 Å². The van der Waals surface area contributed by atoms with Crippen molar-refractivity contribution in [2.75, 3.05) is 25.1 Å². The van der Waals surface area contributed by atoms with Crippen molar-refractivity contribution in [3.8, 4) is 11.5 Å². The first kappa shape index (κ1) is 23.8. The fraction of sp³-hybridized carbons (Fsp3) is 0.167. The summed E-state index contributed by atoms with van der Waals surface area (Å²) in [5.74, 6) is 0.534. The summed E-state index contributed by atoms with van der Waals surface area (Å²) in [6.45, 7) is 1.45. The summed E-state index contributed by atoms with van der Waals surface area (Å²) in [6.07, 6.45) is 1.41. The minimum atomic E-state index is -3.97. The number of carbonyl (C=O) groups is 1. The molecule has 0 atom stereocenters. The summed E-state index contributed by atoms with van der Waals surface area (Å²) < 4.78 is 38.1. The Balaban J connectivity index is 1.81. The van der Waals surface area contributed by atoms with Crippen LogP contribution in [0.15, 0.2) is 82.8 Å². The second kappa shape index (κ2) is 10.6. The van der Waals surface area contributed by atoms with E-state index in [1.165, 1.54) is 25.5 Å². The summed E-state index contributed by atoms with van der Waals surface area (Å²) in [7, 11) is -0.911. The molecule has 0 saturated heterocycles. The maximum absolute atomic E-state index is 13.3. The van der Waals surface area contributed by atoms with Crippen LogP contribution in [0.5, 0.6) is 11.5 Å². The van der Waals surface area contributed by atoms with E-state index in [4.69, 9.17) is 9.47 Å². The molecule has 1 amide bonds. The molecule has 3 aromatic carbocycles. The zero-order valence-electron chi connectivity index (χ0n) is 18.6. The van der Waals surface area contributed by atoms with E-state index in [2.05, 4.69) is 10.5 Å². The number of nitrogens with one attached hydrogen (secondary N) is 1. The third-order valence-electron chi connectivity index (χ3n) is 4.77. The number of hydrogen-bond acceptors (Lipinski definition) is 6. The minimum absolute atomic E-state index is 0.0878. The molecular weight excluding hydrogens is 442 g/mol. The topological polar surface area (TPSA) is 97.3 Å². The minimum Gasteiger partial charge on any atom is -0.497 e. The van der Waals surface area contributed by atoms with Gasteiger partial charge in [0.05, 0.1) is 31.0 Å². The van der Waals surface area contributed by atoms with Crippen molar-refractivity contribution in [2.24, 2.45) is 5.10 Å². The number of hydrogen-bond donors (Lipinski definition) is 1. The molecule has 0 aromatic heterocycles. The van der Waals surface area contributed by atoms with Gasteiger partial charge in [-0.05, 0) is 43.3 Å². The van der Waals surface area contributed by atoms with Crippen LogP contribution in [0.25, 0.3) is 0 Å². The molecule has 8 nitrogen and oxygen atoms in total. The maximum atomic E-state index is 13.3. The molecule has 0 aliphatic heterocycles. The molecule has 0 radical (unpaired) electrons. The van der Waals surface area contributed by atoms with Crippen molar-refractivity contribution in [3.63, 3.8) is 0 Å². The van der Waals surface area contributed by atoms with Crippen LogP contribution in [0.2, 0.25) is 0 Å². The van der Waals surface area contributed by atoms with Gasteiger partial charge >= 0.3 is 0 Å². The molecule has 0 fully saturated rings. The second-order valence-electron chi connectivity index (χ2n) is 7.06. The zero-order chi connectivity index (χ0) is 23.8. The van der Waals surface area contributed by atoms with Gasteiger partial charge in [-0.3, -0.25) is 9.10 Å². The molecule has 0 spiro atoms. The van der Waals surface area contributed by atoms with Gasteiger partial charge < -0.3 is 9.47 Å². The molecule has 0 aliphatic rings. The Hall–Kier alpha value is -3.85. The van der Waals surface area contributed by atoms with Crippen LogP contribution in [-0.2, 0) is 14.8 Å². The number of hydrazone groups is 1. The van der Waals surface area contributed by atoms with Gasteiger partial charge in [-0.2, -0.15) is 5.10 Å². The van der Waals surface area contributed by atoms with E-state index in [-0.39, 0.29) is 4.90 Å². The molecule has 1 N–H and O–H groups in total. The monoisotopic (exact) mass is 467 g/mol. The van der Waals surface area contributed by atoms with Crippen molar-refractivity contribution in [1.29, 1.82) is 0 Å². The van der Waals surface area contributed by atoms with Crippen molar-refractivity contribution in [3.05, 3.63) is 83.9 Å². The van der Waals surface area contributed by atoms with Crippen molar-refractivity contribution in [1.82, 2.24) is 5.43 Å². The Morgan fingerprint density at radius 2 is 1.70 bits per heavy atom. The molecule has 0 unspecified atom stereocenters. The predicted molar refractivity (Wildman–Crippen MR) is 127 cm³/mol. The van der Waals surface area contributed by atoms with Crippen molar-refractivity contribution < 1.29 is 22.7 Å². The molecule has 0 bridgehead atoms. The number of carbonyl (C=O) groups excluding carboxylic acids is 1. The summed E-state index contributed by atoms with van der Waals surface area (Å²) in [5, 5.41) is 3.95. The van der Waals surface area contributed by atoms with Gasteiger partial charge in [0.15, 0.2) is 0 Å². The van der Waals surface area contributed by atoms with Gasteiger partial charge in [0, 0.05) is 11.6 Å². The number of benzene rings is 3. The molecular formula is C24H25N3O5S. The largest absolute Gasteiger partial charge is 0.497 e. The lowest BCUT2D eigenvalue weighted by Gasteiger charge is -2.23. The normalized spacial score (nSPS) is 11.2. The standard InChI is InChI=1S/C24H25N3O5S/c1-18-9-12-20(13-10-18)27(33(29,30)22-7-5-4-6-8-22)17-24(28)26-25-16-19-11-14-21(31-2)15-23(19)32-3/h4-16H,17H2,1-3H3,(H,26,28)/b25-16-. The number of aryl methyl sites for hydroxylation is 1. The van der Waals surface area contributed by atoms with E-state index in [9.17, 15) is 13.2 Å². The van der Waals surface area contributed by atoms with Gasteiger partial charge in [-0.25, -0.2) is 13.8 Å². The second-order valence-corrected chi connectivity index (χ2v) is 8.92. The fourth-order valence-electron chi connectivity index (χ4n) is 3.01. The first-order chi connectivity index (χ1) is 15.8. The lowest BCUT2D eigenvalue weighted by atomic mass is 10.2. The Morgan fingerprint density at radius 1 is 1.00 bits per heavy atom. The van der Waals surface area contributed by atoms with E-state index < -0.39 is 22.5 Å². The molecule has 3 aromatic rings. The zero-order valence-corrected chi connectivity index (χ0v) is 19.4. The Labute approximate surface area is 193 Å². The van der Waals surface area contributed by atoms with Crippen molar-refractivity contribution >= 4 is 27.8 Å². The number of anilines is 1. The summed E-state index contributed by atoms with van der Waals surface area (Å²) in [6, 6.07) is 20.0. The van der Waals surface area contributed by atoms with E-state index in [0.29, 0.717) is 22.7 Å². The van der Waals surface area contributed by atoms with Gasteiger partial charge in [0.25, 0.3) is 15.9 Å². The molecule has 9 heteroatoms. The highest BCUT2D eigenvalue weighted by atomic mass is 32.2. The summed E-state index contributed by atoms with van der Waals surface area (Å²) in [4.78, 5) is 12.7. The van der Waals surface area contributed by atoms with Crippen LogP contribution in [0.4, 0.5) is 5.69 Å². The average molecular weight is 468 g/mol. The van der Waals surface area contributed by atoms with E-state index >= 15 is 0 Å². The Kier molecular flexibility index (Phi) is 7.68. The van der Waals surface area contributed by atoms with Gasteiger partial charge in [-0.15, -0.1) is 0 Å². The van der Waals surface area contributed by atoms with Crippen molar-refractivity contribution in [2.45, 2.75) is 11.8 Å². The number of ether oxygens (including phenoxy) is 2. The van der Waals surface area contributed by atoms with Gasteiger partial charge in [-0.1, -0.05) is 35.9 Å². The first-order valence-corrected chi connectivity index (χ1v) is 11.5. The lowest BCUT2D eigenvalue weighted by Crippen LogP contribution is -2.39. The van der Waals surface area contributed by atoms with E-state index in [1.54, 1.807) is 67.8 Å². The maximum Gasteiger partial charge on any atom is 0.264 e. The summed E-state index contributed by atoms with van der Waals surface area (Å²) >= 11 is 0. The summed E-state index contributed by atoms with van der Waals surface area (Å²) in [5.41, 5.74) is 4.35. The highest BCUT2D eigenvalue weighted by molar-refractivity contribution is 7.92. The number of rotatable bonds is 9. The van der Waals surface area contributed by atoms with Crippen LogP contribution < -0.4 is 19.2 Å². The van der Waals surface area contributed by atoms with Crippen LogP contribution in [0.3, 0.4) is 0 Å². The van der Waals surface area contributed by atoms with Crippen LogP contribution in [0.1, 0.15) is 11.1 Å². The molecule has 172 valence electrons. The van der Waals surface area contributed by atoms with E-state index in [1.807, 2.05) is 6.92 Å². The first-order valence-electron chi connectivity index (χ1n) is 10.0. The van der Waals surface area contributed by atoms with Gasteiger partial charge in [0.1, 0.15) is 18.0 Å². The van der Waals surface area contributed by atoms with Crippen LogP contribution in [0, 0.1) is 6.92 Å². The number of amides is 1. The number of methoxy groups -OCH3 is 2. The third-order valence-corrected chi connectivity index (χ3v) is 6.56. The SMILES string of the molecule is COc1ccc(/C=N\NC(=O)CN(c2ccc(C)cc2)S(=O)(=O)c2ccccc2)c(OC)c1. The molecule has 3 rings (SSSR count). The Morgan fingerprint density at radius 3 is 2.33 bits per heavy atom. The average Bonchev–Trinajstić information content (AvgIpc) is 2.83. The third kappa shape index (κ3) is 5.89. The van der Waals surface area contributed by atoms with Crippen LogP contribution in [-0.4, -0.2) is 41.3 Å². The number of nitrogens with zero attached hydrogens (tertiary/aromatic N) is 2. The molecule has 33 heavy (non-hydrogen) atoms. The van der Waals surface area contributed by atoms with Crippen LogP contribution >= 0.6 is 0 Å². The highest BCUT2D eigenvalue weighted by Crippen LogP contribution is 2.24. The lowest BCUT2D eigenvalue weighted by molar-refractivity contribution is -0.119. The quantitative estimate of drug-likeness (QED) is 0.384. The molecule has 0 heterocycles. The number of sulfonamides is 1.